The molecule has 0 saturated carbocycles. The highest BCUT2D eigenvalue weighted by atomic mass is 32.2. The van der Waals surface area contributed by atoms with Crippen molar-refractivity contribution in [1.82, 2.24) is 4.90 Å². The van der Waals surface area contributed by atoms with Crippen LogP contribution in [-0.2, 0) is 10.5 Å². The summed E-state index contributed by atoms with van der Waals surface area (Å²) in [5.74, 6) is 1.50. The van der Waals surface area contributed by atoms with Gasteiger partial charge >= 0.3 is 6.09 Å². The van der Waals surface area contributed by atoms with Gasteiger partial charge in [-0.1, -0.05) is 12.1 Å². The van der Waals surface area contributed by atoms with Crippen molar-refractivity contribution in [2.75, 3.05) is 20.7 Å². The summed E-state index contributed by atoms with van der Waals surface area (Å²) in [5.41, 5.74) is 0.569. The van der Waals surface area contributed by atoms with E-state index in [1.165, 1.54) is 16.7 Å². The van der Waals surface area contributed by atoms with Gasteiger partial charge in [-0.05, 0) is 38.5 Å². The van der Waals surface area contributed by atoms with Crippen molar-refractivity contribution >= 4 is 17.9 Å². The van der Waals surface area contributed by atoms with E-state index in [1.54, 1.807) is 14.2 Å². The molecule has 0 bridgehead atoms. The lowest BCUT2D eigenvalue weighted by molar-refractivity contribution is 0.0304. The Bertz CT molecular complexity index is 546. The first kappa shape index (κ1) is 19.2. The van der Waals surface area contributed by atoms with Gasteiger partial charge in [-0.25, -0.2) is 4.79 Å². The van der Waals surface area contributed by atoms with Crippen molar-refractivity contribution in [3.63, 3.8) is 0 Å². The van der Waals surface area contributed by atoms with Gasteiger partial charge in [0.15, 0.2) is 0 Å². The summed E-state index contributed by atoms with van der Waals surface area (Å²) in [4.78, 5) is 13.4. The van der Waals surface area contributed by atoms with Crippen LogP contribution in [0.25, 0.3) is 0 Å². The van der Waals surface area contributed by atoms with E-state index < -0.39 is 11.7 Å². The summed E-state index contributed by atoms with van der Waals surface area (Å²) in [7, 11) is 3.27. The van der Waals surface area contributed by atoms with Crippen molar-refractivity contribution in [2.45, 2.75) is 37.4 Å². The van der Waals surface area contributed by atoms with Gasteiger partial charge < -0.3 is 14.4 Å². The smallest absolute Gasteiger partial charge is 0.410 e. The molecule has 1 aromatic carbocycles. The molecule has 6 heteroatoms. The molecule has 0 aromatic heterocycles. The van der Waals surface area contributed by atoms with Crippen LogP contribution in [0.1, 0.15) is 26.3 Å². The van der Waals surface area contributed by atoms with Crippen LogP contribution in [0, 0.1) is 11.3 Å². The number of methoxy groups -OCH3 is 1. The zero-order valence-corrected chi connectivity index (χ0v) is 15.1. The van der Waals surface area contributed by atoms with Crippen molar-refractivity contribution in [3.05, 3.63) is 29.8 Å². The van der Waals surface area contributed by atoms with E-state index in [0.29, 0.717) is 12.3 Å². The maximum atomic E-state index is 11.9. The summed E-state index contributed by atoms with van der Waals surface area (Å²) in [5, 5.41) is 8.97. The van der Waals surface area contributed by atoms with Gasteiger partial charge in [-0.3, -0.25) is 0 Å². The average Bonchev–Trinajstić information content (AvgIpc) is 2.50. The summed E-state index contributed by atoms with van der Waals surface area (Å²) >= 11 is 1.50. The highest BCUT2D eigenvalue weighted by Gasteiger charge is 2.22. The van der Waals surface area contributed by atoms with Crippen LogP contribution in [0.2, 0.25) is 0 Å². The van der Waals surface area contributed by atoms with Crippen molar-refractivity contribution in [1.29, 1.82) is 5.26 Å². The molecule has 0 aliphatic heterocycles. The molecule has 1 aromatic rings. The van der Waals surface area contributed by atoms with Crippen LogP contribution in [0.4, 0.5) is 4.79 Å². The normalized spacial score (nSPS) is 12.2. The van der Waals surface area contributed by atoms with E-state index >= 15 is 0 Å². The molecule has 0 fully saturated rings. The summed E-state index contributed by atoms with van der Waals surface area (Å²) in [6.45, 7) is 5.78. The minimum absolute atomic E-state index is 0.311. The Kier molecular flexibility index (Phi) is 7.24. The first-order valence-electron chi connectivity index (χ1n) is 7.33. The van der Waals surface area contributed by atoms with E-state index in [4.69, 9.17) is 9.47 Å². The molecule has 0 aliphatic rings. The molecule has 1 rings (SSSR count). The fourth-order valence-electron chi connectivity index (χ4n) is 1.71. The number of carbonyl (C=O) groups excluding carboxylic acids is 1. The minimum atomic E-state index is -0.538. The van der Waals surface area contributed by atoms with Gasteiger partial charge in [0.1, 0.15) is 16.6 Å². The summed E-state index contributed by atoms with van der Waals surface area (Å²) < 4.78 is 10.4. The van der Waals surface area contributed by atoms with E-state index in [2.05, 4.69) is 6.07 Å². The van der Waals surface area contributed by atoms with Gasteiger partial charge in [-0.2, -0.15) is 5.26 Å². The third-order valence-corrected chi connectivity index (χ3v) is 4.06. The first-order chi connectivity index (χ1) is 10.7. The van der Waals surface area contributed by atoms with Gasteiger partial charge in [0, 0.05) is 19.3 Å². The van der Waals surface area contributed by atoms with E-state index in [1.807, 2.05) is 45.0 Å². The number of hydrogen-bond acceptors (Lipinski definition) is 5. The molecule has 1 atom stereocenters. The molecule has 5 nitrogen and oxygen atoms in total. The second-order valence-corrected chi connectivity index (χ2v) is 7.33. The summed E-state index contributed by atoms with van der Waals surface area (Å²) in [6, 6.07) is 9.96. The Morgan fingerprint density at radius 2 is 1.96 bits per heavy atom. The van der Waals surface area contributed by atoms with Crippen LogP contribution in [0.15, 0.2) is 24.3 Å². The van der Waals surface area contributed by atoms with Gasteiger partial charge in [0.2, 0.25) is 0 Å². The lowest BCUT2D eigenvalue weighted by Crippen LogP contribution is -2.37. The molecule has 1 amide bonds. The maximum absolute atomic E-state index is 11.9. The topological polar surface area (TPSA) is 62.6 Å². The summed E-state index contributed by atoms with van der Waals surface area (Å²) in [6.07, 6.45) is -0.414. The van der Waals surface area contributed by atoms with Crippen LogP contribution >= 0.6 is 11.8 Å². The number of rotatable bonds is 6. The SMILES string of the molecule is COc1ccc(CSC(C#N)CN(C)C(=O)OC(C)(C)C)cc1. The third-order valence-electron chi connectivity index (χ3n) is 2.90. The minimum Gasteiger partial charge on any atom is -0.497 e. The molecule has 1 unspecified atom stereocenters. The molecule has 126 valence electrons. The van der Waals surface area contributed by atoms with Crippen molar-refractivity contribution in [2.24, 2.45) is 0 Å². The Morgan fingerprint density at radius 3 is 2.43 bits per heavy atom. The molecule has 23 heavy (non-hydrogen) atoms. The number of ether oxygens (including phenoxy) is 2. The molecule has 0 saturated heterocycles. The quantitative estimate of drug-likeness (QED) is 0.793. The van der Waals surface area contributed by atoms with E-state index in [9.17, 15) is 10.1 Å². The highest BCUT2D eigenvalue weighted by Crippen LogP contribution is 2.21. The Hall–Kier alpha value is -1.87. The largest absolute Gasteiger partial charge is 0.497 e. The number of nitriles is 1. The number of amides is 1. The van der Waals surface area contributed by atoms with Crippen LogP contribution in [-0.4, -0.2) is 42.5 Å². The maximum Gasteiger partial charge on any atom is 0.410 e. The zero-order chi connectivity index (χ0) is 17.5. The van der Waals surface area contributed by atoms with Crippen molar-refractivity contribution < 1.29 is 14.3 Å². The molecule has 0 N–H and O–H groups in total. The molecule has 0 radical (unpaired) electrons. The Labute approximate surface area is 142 Å². The number of hydrogen-bond donors (Lipinski definition) is 0. The standard InChI is InChI=1S/C17H24N2O3S/c1-17(2,3)22-16(20)19(4)11-15(10-18)23-12-13-6-8-14(21-5)9-7-13/h6-9,15H,11-12H2,1-5H3. The monoisotopic (exact) mass is 336 g/mol. The van der Waals surface area contributed by atoms with Gasteiger partial charge in [0.25, 0.3) is 0 Å². The fourth-order valence-corrected chi connectivity index (χ4v) is 2.70. The first-order valence-corrected chi connectivity index (χ1v) is 8.38. The molecular weight excluding hydrogens is 312 g/mol. The Balaban J connectivity index is 2.50. The third kappa shape index (κ3) is 7.29. The number of thioether (sulfide) groups is 1. The van der Waals surface area contributed by atoms with E-state index in [-0.39, 0.29) is 5.25 Å². The number of carbonyl (C=O) groups is 1. The van der Waals surface area contributed by atoms with Crippen LogP contribution < -0.4 is 4.74 Å². The zero-order valence-electron chi connectivity index (χ0n) is 14.3. The van der Waals surface area contributed by atoms with Crippen molar-refractivity contribution in [3.8, 4) is 11.8 Å². The van der Waals surface area contributed by atoms with E-state index in [0.717, 1.165) is 11.3 Å². The number of nitrogens with zero attached hydrogens (tertiary/aromatic N) is 2. The molecular formula is C17H24N2O3S. The van der Waals surface area contributed by atoms with Crippen LogP contribution in [0.5, 0.6) is 5.75 Å². The second kappa shape index (κ2) is 8.68. The highest BCUT2D eigenvalue weighted by molar-refractivity contribution is 7.99. The molecule has 0 heterocycles. The fraction of sp³-hybridized carbons (Fsp3) is 0.529. The molecule has 0 spiro atoms. The lowest BCUT2D eigenvalue weighted by Gasteiger charge is -2.25. The second-order valence-electron chi connectivity index (χ2n) is 6.14. The average molecular weight is 336 g/mol. The molecule has 0 aliphatic carbocycles. The predicted molar refractivity (Wildman–Crippen MR) is 92.6 cm³/mol. The van der Waals surface area contributed by atoms with Gasteiger partial charge in [0.05, 0.1) is 13.2 Å². The number of benzene rings is 1. The Morgan fingerprint density at radius 1 is 1.35 bits per heavy atom. The lowest BCUT2D eigenvalue weighted by atomic mass is 10.2. The van der Waals surface area contributed by atoms with Gasteiger partial charge in [-0.15, -0.1) is 11.8 Å². The van der Waals surface area contributed by atoms with Crippen LogP contribution in [0.3, 0.4) is 0 Å². The predicted octanol–water partition coefficient (Wildman–Crippen LogP) is 3.69.